The van der Waals surface area contributed by atoms with E-state index in [0.717, 1.165) is 5.56 Å². The molecule has 84 valence electrons. The van der Waals surface area contributed by atoms with Crippen molar-refractivity contribution in [2.75, 3.05) is 6.54 Å². The summed E-state index contributed by atoms with van der Waals surface area (Å²) in [5, 5.41) is 12.9. The molecule has 1 unspecified atom stereocenters. The molecule has 0 bridgehead atoms. The molecular weight excluding hydrogens is 193 g/mol. The van der Waals surface area contributed by atoms with E-state index in [1.807, 2.05) is 20.8 Å². The largest absolute Gasteiger partial charge is 0.387 e. The highest BCUT2D eigenvalue weighted by atomic mass is 19.1. The molecule has 15 heavy (non-hydrogen) atoms. The Morgan fingerprint density at radius 2 is 2.00 bits per heavy atom. The lowest BCUT2D eigenvalue weighted by atomic mass is 10.1. The number of halogens is 1. The minimum atomic E-state index is -0.651. The van der Waals surface area contributed by atoms with Crippen molar-refractivity contribution < 1.29 is 9.50 Å². The van der Waals surface area contributed by atoms with Crippen LogP contribution in [0.15, 0.2) is 18.2 Å². The zero-order valence-corrected chi connectivity index (χ0v) is 9.42. The second-order valence-corrected chi connectivity index (χ2v) is 4.14. The lowest BCUT2D eigenvalue weighted by Crippen LogP contribution is -2.27. The first-order valence-corrected chi connectivity index (χ1v) is 5.17. The third kappa shape index (κ3) is 3.98. The van der Waals surface area contributed by atoms with Gasteiger partial charge in [0.1, 0.15) is 5.82 Å². The average Bonchev–Trinajstić information content (AvgIpc) is 2.12. The van der Waals surface area contributed by atoms with Gasteiger partial charge in [0, 0.05) is 12.6 Å². The Morgan fingerprint density at radius 1 is 1.33 bits per heavy atom. The summed E-state index contributed by atoms with van der Waals surface area (Å²) < 4.78 is 13.1. The molecule has 0 amide bonds. The van der Waals surface area contributed by atoms with Gasteiger partial charge in [-0.15, -0.1) is 0 Å². The molecule has 0 aromatic heterocycles. The van der Waals surface area contributed by atoms with Crippen LogP contribution in [0.4, 0.5) is 4.39 Å². The van der Waals surface area contributed by atoms with Gasteiger partial charge in [0.15, 0.2) is 0 Å². The maximum atomic E-state index is 13.1. The van der Waals surface area contributed by atoms with Gasteiger partial charge in [-0.3, -0.25) is 0 Å². The molecule has 2 nitrogen and oxygen atoms in total. The highest BCUT2D eigenvalue weighted by Gasteiger charge is 2.09. The van der Waals surface area contributed by atoms with Gasteiger partial charge in [-0.05, 0) is 30.2 Å². The van der Waals surface area contributed by atoms with E-state index in [2.05, 4.69) is 5.32 Å². The first kappa shape index (κ1) is 12.1. The number of hydrogen-bond donors (Lipinski definition) is 2. The predicted molar refractivity (Wildman–Crippen MR) is 59.2 cm³/mol. The Balaban J connectivity index is 2.68. The van der Waals surface area contributed by atoms with Gasteiger partial charge >= 0.3 is 0 Å². The number of aryl methyl sites for hydroxylation is 1. The van der Waals surface area contributed by atoms with Crippen molar-refractivity contribution in [2.45, 2.75) is 32.9 Å². The van der Waals surface area contributed by atoms with Gasteiger partial charge in [-0.2, -0.15) is 0 Å². The highest BCUT2D eigenvalue weighted by molar-refractivity contribution is 5.25. The first-order chi connectivity index (χ1) is 6.99. The van der Waals surface area contributed by atoms with E-state index in [4.69, 9.17) is 0 Å². The van der Waals surface area contributed by atoms with Crippen molar-refractivity contribution in [1.29, 1.82) is 0 Å². The molecule has 2 N–H and O–H groups in total. The molecule has 1 aromatic rings. The van der Waals surface area contributed by atoms with Crippen LogP contribution < -0.4 is 5.32 Å². The Kier molecular flexibility index (Phi) is 4.24. The Morgan fingerprint density at radius 3 is 2.53 bits per heavy atom. The SMILES string of the molecule is Cc1cc(F)cc(C(O)CNC(C)C)c1. The van der Waals surface area contributed by atoms with Gasteiger partial charge in [0.2, 0.25) is 0 Å². The fraction of sp³-hybridized carbons (Fsp3) is 0.500. The topological polar surface area (TPSA) is 32.3 Å². The standard InChI is InChI=1S/C12H18FNO/c1-8(2)14-7-12(15)10-4-9(3)5-11(13)6-10/h4-6,8,12,14-15H,7H2,1-3H3. The van der Waals surface area contributed by atoms with E-state index in [-0.39, 0.29) is 5.82 Å². The zero-order chi connectivity index (χ0) is 11.4. The van der Waals surface area contributed by atoms with Gasteiger partial charge < -0.3 is 10.4 Å². The third-order valence-electron chi connectivity index (χ3n) is 2.17. The maximum absolute atomic E-state index is 13.1. The van der Waals surface area contributed by atoms with E-state index in [1.54, 1.807) is 6.07 Å². The van der Waals surface area contributed by atoms with E-state index in [0.29, 0.717) is 18.2 Å². The van der Waals surface area contributed by atoms with Crippen LogP contribution in [0.1, 0.15) is 31.1 Å². The van der Waals surface area contributed by atoms with Crippen molar-refractivity contribution in [3.05, 3.63) is 35.1 Å². The second-order valence-electron chi connectivity index (χ2n) is 4.14. The summed E-state index contributed by atoms with van der Waals surface area (Å²) in [5.74, 6) is -0.298. The summed E-state index contributed by atoms with van der Waals surface area (Å²) in [6, 6.07) is 4.94. The lowest BCUT2D eigenvalue weighted by molar-refractivity contribution is 0.171. The molecule has 0 saturated carbocycles. The van der Waals surface area contributed by atoms with Crippen molar-refractivity contribution >= 4 is 0 Å². The monoisotopic (exact) mass is 211 g/mol. The van der Waals surface area contributed by atoms with E-state index < -0.39 is 6.10 Å². The van der Waals surface area contributed by atoms with Gasteiger partial charge in [0.25, 0.3) is 0 Å². The predicted octanol–water partition coefficient (Wildman–Crippen LogP) is 2.17. The van der Waals surface area contributed by atoms with Crippen LogP contribution in [0.25, 0.3) is 0 Å². The quantitative estimate of drug-likeness (QED) is 0.800. The van der Waals surface area contributed by atoms with Crippen molar-refractivity contribution in [3.8, 4) is 0 Å². The van der Waals surface area contributed by atoms with Crippen LogP contribution in [0, 0.1) is 12.7 Å². The molecule has 1 rings (SSSR count). The molecule has 0 spiro atoms. The summed E-state index contributed by atoms with van der Waals surface area (Å²) in [4.78, 5) is 0. The summed E-state index contributed by atoms with van der Waals surface area (Å²) in [6.45, 7) is 6.27. The molecule has 0 fully saturated rings. The lowest BCUT2D eigenvalue weighted by Gasteiger charge is -2.15. The molecule has 3 heteroatoms. The van der Waals surface area contributed by atoms with Crippen LogP contribution in [0.2, 0.25) is 0 Å². The van der Waals surface area contributed by atoms with Crippen LogP contribution in [0.3, 0.4) is 0 Å². The van der Waals surface area contributed by atoms with Gasteiger partial charge in [0.05, 0.1) is 6.10 Å². The number of nitrogens with one attached hydrogen (secondary N) is 1. The Bertz CT molecular complexity index is 305. The van der Waals surface area contributed by atoms with Crippen LogP contribution in [-0.4, -0.2) is 17.7 Å². The minimum Gasteiger partial charge on any atom is -0.387 e. The molecule has 0 heterocycles. The number of hydrogen-bond acceptors (Lipinski definition) is 2. The average molecular weight is 211 g/mol. The maximum Gasteiger partial charge on any atom is 0.123 e. The summed E-state index contributed by atoms with van der Waals surface area (Å²) in [6.07, 6.45) is -0.651. The van der Waals surface area contributed by atoms with Crippen molar-refractivity contribution in [3.63, 3.8) is 0 Å². The first-order valence-electron chi connectivity index (χ1n) is 5.17. The Hall–Kier alpha value is -0.930. The number of aliphatic hydroxyl groups is 1. The molecule has 0 aliphatic carbocycles. The van der Waals surface area contributed by atoms with Crippen LogP contribution in [-0.2, 0) is 0 Å². The van der Waals surface area contributed by atoms with Crippen LogP contribution >= 0.6 is 0 Å². The van der Waals surface area contributed by atoms with Crippen molar-refractivity contribution in [2.24, 2.45) is 0 Å². The van der Waals surface area contributed by atoms with E-state index >= 15 is 0 Å². The van der Waals surface area contributed by atoms with Gasteiger partial charge in [-0.1, -0.05) is 19.9 Å². The fourth-order valence-corrected chi connectivity index (χ4v) is 1.42. The summed E-state index contributed by atoms with van der Waals surface area (Å²) in [7, 11) is 0. The number of benzene rings is 1. The fourth-order valence-electron chi connectivity index (χ4n) is 1.42. The summed E-state index contributed by atoms with van der Waals surface area (Å²) >= 11 is 0. The van der Waals surface area contributed by atoms with E-state index in [1.165, 1.54) is 12.1 Å². The smallest absolute Gasteiger partial charge is 0.123 e. The highest BCUT2D eigenvalue weighted by Crippen LogP contribution is 2.15. The summed E-state index contributed by atoms with van der Waals surface area (Å²) in [5.41, 5.74) is 1.45. The molecule has 0 aliphatic rings. The zero-order valence-electron chi connectivity index (χ0n) is 9.42. The van der Waals surface area contributed by atoms with E-state index in [9.17, 15) is 9.50 Å². The number of rotatable bonds is 4. The molecule has 0 saturated heterocycles. The number of aliphatic hydroxyl groups excluding tert-OH is 1. The molecular formula is C12H18FNO. The Labute approximate surface area is 90.1 Å². The van der Waals surface area contributed by atoms with Crippen molar-refractivity contribution in [1.82, 2.24) is 5.32 Å². The molecule has 0 aliphatic heterocycles. The second kappa shape index (κ2) is 5.24. The minimum absolute atomic E-state index is 0.298. The third-order valence-corrected chi connectivity index (χ3v) is 2.17. The molecule has 1 aromatic carbocycles. The molecule has 1 atom stereocenters. The van der Waals surface area contributed by atoms with Gasteiger partial charge in [-0.25, -0.2) is 4.39 Å². The van der Waals surface area contributed by atoms with Crippen LogP contribution in [0.5, 0.6) is 0 Å². The molecule has 0 radical (unpaired) electrons. The normalized spacial score (nSPS) is 13.2.